The summed E-state index contributed by atoms with van der Waals surface area (Å²) in [4.78, 5) is 24.6. The lowest BCUT2D eigenvalue weighted by atomic mass is 10.2. The number of nitrogens with zero attached hydrogens (tertiary/aromatic N) is 2. The molecule has 0 fully saturated rings. The third kappa shape index (κ3) is 3.01. The first-order valence-corrected chi connectivity index (χ1v) is 6.01. The molecular formula is C10H17BrN4O3. The largest absolute Gasteiger partial charge is 0.443 e. The average molecular weight is 321 g/mol. The molecule has 7 nitrogen and oxygen atoms in total. The van der Waals surface area contributed by atoms with Gasteiger partial charge in [0, 0.05) is 6.20 Å². The molecule has 102 valence electrons. The highest BCUT2D eigenvalue weighted by Gasteiger charge is 2.40. The molecule has 1 heterocycles. The minimum Gasteiger partial charge on any atom is -0.443 e. The van der Waals surface area contributed by atoms with E-state index in [0.29, 0.717) is 0 Å². The number of nitrogens with one attached hydrogen (secondary N) is 1. The molecule has 3 amide bonds. The maximum Gasteiger partial charge on any atom is 0.422 e. The van der Waals surface area contributed by atoms with Gasteiger partial charge in [0.1, 0.15) is 5.60 Å². The van der Waals surface area contributed by atoms with Crippen LogP contribution in [0.5, 0.6) is 0 Å². The lowest BCUT2D eigenvalue weighted by Crippen LogP contribution is -2.65. The van der Waals surface area contributed by atoms with E-state index in [9.17, 15) is 9.59 Å². The number of urea groups is 1. The number of ether oxygens (including phenoxy) is 1. The van der Waals surface area contributed by atoms with Gasteiger partial charge in [0.15, 0.2) is 5.79 Å². The molecule has 1 unspecified atom stereocenters. The molecule has 1 aliphatic rings. The smallest absolute Gasteiger partial charge is 0.422 e. The second-order valence-electron chi connectivity index (χ2n) is 4.80. The highest BCUT2D eigenvalue weighted by molar-refractivity contribution is 9.07. The van der Waals surface area contributed by atoms with Crippen molar-refractivity contribution < 1.29 is 14.3 Å². The molecule has 0 aliphatic carbocycles. The van der Waals surface area contributed by atoms with Crippen LogP contribution < -0.4 is 11.1 Å². The summed E-state index contributed by atoms with van der Waals surface area (Å²) in [5.41, 5.74) is 5.19. The van der Waals surface area contributed by atoms with E-state index in [4.69, 9.17) is 10.5 Å². The second kappa shape index (κ2) is 4.87. The number of carbonyl (C=O) groups excluding carboxylic acids is 2. The van der Waals surface area contributed by atoms with E-state index in [2.05, 4.69) is 21.5 Å². The Balaban J connectivity index is 2.91. The third-order valence-electron chi connectivity index (χ3n) is 2.17. The summed E-state index contributed by atoms with van der Waals surface area (Å²) in [5, 5.41) is 2.74. The Morgan fingerprint density at radius 1 is 1.56 bits per heavy atom. The summed E-state index contributed by atoms with van der Waals surface area (Å²) in [6.07, 6.45) is 1.99. The van der Waals surface area contributed by atoms with Gasteiger partial charge in [0.2, 0.25) is 0 Å². The van der Waals surface area contributed by atoms with Gasteiger partial charge in [-0.15, -0.1) is 0 Å². The zero-order valence-corrected chi connectivity index (χ0v) is 12.3. The summed E-state index contributed by atoms with van der Waals surface area (Å²) >= 11 is 3.02. The van der Waals surface area contributed by atoms with Gasteiger partial charge in [-0.25, -0.2) is 18.4 Å². The van der Waals surface area contributed by atoms with Crippen LogP contribution in [0.2, 0.25) is 0 Å². The second-order valence-corrected chi connectivity index (χ2v) is 5.51. The van der Waals surface area contributed by atoms with Crippen LogP contribution in [0.25, 0.3) is 0 Å². The predicted octanol–water partition coefficient (Wildman–Crippen LogP) is 1.31. The maximum absolute atomic E-state index is 12.0. The molecular weight excluding hydrogens is 304 g/mol. The van der Waals surface area contributed by atoms with E-state index in [0.717, 1.165) is 8.83 Å². The van der Waals surface area contributed by atoms with Gasteiger partial charge in [-0.05, 0) is 33.9 Å². The fraction of sp³-hybridized carbons (Fsp3) is 0.600. The van der Waals surface area contributed by atoms with Crippen LogP contribution in [0, 0.1) is 0 Å². The molecule has 0 bridgehead atoms. The van der Waals surface area contributed by atoms with Crippen molar-refractivity contribution in [3.05, 3.63) is 12.3 Å². The number of halogens is 1. The normalized spacial score (nSPS) is 24.4. The summed E-state index contributed by atoms with van der Waals surface area (Å²) in [6.45, 7) is 5.15. The van der Waals surface area contributed by atoms with E-state index in [-0.39, 0.29) is 0 Å². The predicted molar refractivity (Wildman–Crippen MR) is 69.4 cm³/mol. The van der Waals surface area contributed by atoms with Crippen LogP contribution in [-0.2, 0) is 4.74 Å². The van der Waals surface area contributed by atoms with E-state index < -0.39 is 23.5 Å². The Morgan fingerprint density at radius 3 is 2.56 bits per heavy atom. The van der Waals surface area contributed by atoms with Gasteiger partial charge in [0.25, 0.3) is 0 Å². The summed E-state index contributed by atoms with van der Waals surface area (Å²) in [5.74, 6) is -1.18. The molecule has 0 spiro atoms. The lowest BCUT2D eigenvalue weighted by Gasteiger charge is -2.39. The summed E-state index contributed by atoms with van der Waals surface area (Å²) in [7, 11) is 1.59. The number of imide groups is 1. The first kappa shape index (κ1) is 14.9. The SMILES string of the molecule is CNC1(N)C=CN(C(=O)OC(C)(C)C)C(=O)N1Br. The Kier molecular flexibility index (Phi) is 4.04. The fourth-order valence-electron chi connectivity index (χ4n) is 1.20. The zero-order chi connectivity index (χ0) is 14.1. The van der Waals surface area contributed by atoms with E-state index in [1.165, 1.54) is 12.3 Å². The van der Waals surface area contributed by atoms with E-state index >= 15 is 0 Å². The molecule has 0 aromatic heterocycles. The van der Waals surface area contributed by atoms with Crippen LogP contribution in [0.1, 0.15) is 20.8 Å². The number of hydrogen-bond acceptors (Lipinski definition) is 5. The van der Waals surface area contributed by atoms with Gasteiger partial charge >= 0.3 is 12.1 Å². The maximum atomic E-state index is 12.0. The standard InChI is InChI=1S/C10H17BrN4O3/c1-9(2,3)18-8(17)14-6-5-10(12,13-4)15(11)7(14)16/h5-6,13H,12H2,1-4H3. The molecule has 0 aromatic carbocycles. The van der Waals surface area contributed by atoms with Gasteiger partial charge in [-0.1, -0.05) is 0 Å². The Morgan fingerprint density at radius 2 is 2.11 bits per heavy atom. The molecule has 0 saturated heterocycles. The van der Waals surface area contributed by atoms with Crippen molar-refractivity contribution in [2.24, 2.45) is 5.73 Å². The van der Waals surface area contributed by atoms with E-state index in [1.54, 1.807) is 27.8 Å². The molecule has 3 N–H and O–H groups in total. The fourth-order valence-corrected chi connectivity index (χ4v) is 1.67. The first-order valence-electron chi connectivity index (χ1n) is 5.30. The van der Waals surface area contributed by atoms with Crippen LogP contribution in [0.3, 0.4) is 0 Å². The molecule has 18 heavy (non-hydrogen) atoms. The summed E-state index contributed by atoms with van der Waals surface area (Å²) in [6, 6.07) is -0.636. The number of hydrogen-bond donors (Lipinski definition) is 2. The quantitative estimate of drug-likeness (QED) is 0.562. The molecule has 0 aromatic rings. The van der Waals surface area contributed by atoms with Crippen LogP contribution in [0.4, 0.5) is 9.59 Å². The molecule has 1 aliphatic heterocycles. The molecule has 0 radical (unpaired) electrons. The molecule has 1 rings (SSSR count). The van der Waals surface area contributed by atoms with Crippen molar-refractivity contribution >= 4 is 28.3 Å². The minimum atomic E-state index is -1.18. The number of nitrogens with two attached hydrogens (primary N) is 1. The Hall–Kier alpha value is -1.12. The highest BCUT2D eigenvalue weighted by atomic mass is 79.9. The minimum absolute atomic E-state index is 0.636. The number of likely N-dealkylation sites (N-methyl/N-ethyl adjacent to an activating group) is 1. The summed E-state index contributed by atoms with van der Waals surface area (Å²) < 4.78 is 6.14. The zero-order valence-electron chi connectivity index (χ0n) is 10.7. The van der Waals surface area contributed by atoms with E-state index in [1.807, 2.05) is 0 Å². The third-order valence-corrected chi connectivity index (χ3v) is 3.06. The number of amides is 3. The van der Waals surface area contributed by atoms with Crippen molar-refractivity contribution in [1.29, 1.82) is 0 Å². The van der Waals surface area contributed by atoms with Crippen molar-refractivity contribution in [1.82, 2.24) is 14.1 Å². The van der Waals surface area contributed by atoms with Crippen LogP contribution >= 0.6 is 16.1 Å². The Bertz CT molecular complexity index is 393. The van der Waals surface area contributed by atoms with Gasteiger partial charge in [-0.3, -0.25) is 11.1 Å². The van der Waals surface area contributed by atoms with Gasteiger partial charge in [0.05, 0.1) is 16.1 Å². The number of rotatable bonds is 1. The van der Waals surface area contributed by atoms with Gasteiger partial charge < -0.3 is 4.74 Å². The lowest BCUT2D eigenvalue weighted by molar-refractivity contribution is 0.0347. The van der Waals surface area contributed by atoms with Crippen molar-refractivity contribution in [3.63, 3.8) is 0 Å². The van der Waals surface area contributed by atoms with Crippen molar-refractivity contribution in [2.45, 2.75) is 32.2 Å². The van der Waals surface area contributed by atoms with Crippen LogP contribution in [-0.4, -0.2) is 39.4 Å². The topological polar surface area (TPSA) is 87.9 Å². The van der Waals surface area contributed by atoms with Crippen molar-refractivity contribution in [3.8, 4) is 0 Å². The Labute approximate surface area is 114 Å². The average Bonchev–Trinajstić information content (AvgIpc) is 2.23. The van der Waals surface area contributed by atoms with Crippen LogP contribution in [0.15, 0.2) is 12.3 Å². The highest BCUT2D eigenvalue weighted by Crippen LogP contribution is 2.22. The molecule has 0 saturated carbocycles. The van der Waals surface area contributed by atoms with Crippen molar-refractivity contribution in [2.75, 3.05) is 7.05 Å². The first-order chi connectivity index (χ1) is 8.10. The number of carbonyl (C=O) groups is 2. The molecule has 1 atom stereocenters. The van der Waals surface area contributed by atoms with Gasteiger partial charge in [-0.2, -0.15) is 0 Å². The monoisotopic (exact) mass is 320 g/mol. The molecule has 8 heteroatoms.